The van der Waals surface area contributed by atoms with Crippen LogP contribution in [0.5, 0.6) is 0 Å². The highest BCUT2D eigenvalue weighted by molar-refractivity contribution is 6.12. The van der Waals surface area contributed by atoms with Crippen LogP contribution in [0.1, 0.15) is 49.9 Å². The minimum absolute atomic E-state index is 1.11. The Morgan fingerprint density at radius 1 is 0.500 bits per heavy atom. The Bertz CT molecular complexity index is 1030. The summed E-state index contributed by atoms with van der Waals surface area (Å²) in [5.41, 5.74) is 11.9. The van der Waals surface area contributed by atoms with Gasteiger partial charge in [-0.15, -0.1) is 0 Å². The van der Waals surface area contributed by atoms with E-state index in [1.54, 1.807) is 0 Å². The van der Waals surface area contributed by atoms with Crippen LogP contribution in [0.4, 0.5) is 0 Å². The molecular weight excluding hydrogens is 288 g/mol. The van der Waals surface area contributed by atoms with E-state index in [9.17, 15) is 0 Å². The van der Waals surface area contributed by atoms with Crippen LogP contribution in [-0.4, -0.2) is 0 Å². The maximum absolute atomic E-state index is 2.37. The third kappa shape index (κ3) is 1.64. The predicted molar refractivity (Wildman–Crippen MR) is 105 cm³/mol. The first-order valence-corrected chi connectivity index (χ1v) is 8.90. The fourth-order valence-electron chi connectivity index (χ4n) is 4.69. The molecule has 0 heteroatoms. The zero-order chi connectivity index (χ0) is 16.6. The highest BCUT2D eigenvalue weighted by atomic mass is 14.3. The van der Waals surface area contributed by atoms with E-state index >= 15 is 0 Å². The smallest absolute Gasteiger partial charge is 0.00517 e. The molecule has 0 saturated carbocycles. The van der Waals surface area contributed by atoms with Gasteiger partial charge in [0.1, 0.15) is 0 Å². The molecule has 0 aromatic heterocycles. The van der Waals surface area contributed by atoms with Crippen molar-refractivity contribution in [3.63, 3.8) is 0 Å². The van der Waals surface area contributed by atoms with Gasteiger partial charge in [0.25, 0.3) is 0 Å². The predicted octanol–water partition coefficient (Wildman–Crippen LogP) is 6.69. The Morgan fingerprint density at radius 2 is 0.875 bits per heavy atom. The fourth-order valence-corrected chi connectivity index (χ4v) is 4.69. The summed E-state index contributed by atoms with van der Waals surface area (Å²) in [6.07, 6.45) is 2.21. The minimum atomic E-state index is 1.11. The van der Waals surface area contributed by atoms with Crippen LogP contribution in [0.2, 0.25) is 0 Å². The third-order valence-corrected chi connectivity index (χ3v) is 6.39. The van der Waals surface area contributed by atoms with Crippen LogP contribution in [0.3, 0.4) is 0 Å². The lowest BCUT2D eigenvalue weighted by atomic mass is 9.91. The lowest BCUT2D eigenvalue weighted by Crippen LogP contribution is -1.91. The van der Waals surface area contributed by atoms with Crippen molar-refractivity contribution >= 4 is 32.7 Å². The van der Waals surface area contributed by atoms with E-state index in [1.807, 2.05) is 0 Å². The largest absolute Gasteiger partial charge is 0.0654 e. The molecule has 0 spiro atoms. The quantitative estimate of drug-likeness (QED) is 0.406. The number of fused-ring (bicyclic) bond motifs is 7. The van der Waals surface area contributed by atoms with Crippen LogP contribution in [0.25, 0.3) is 32.7 Å². The van der Waals surface area contributed by atoms with E-state index in [4.69, 9.17) is 0 Å². The maximum Gasteiger partial charge on any atom is -0.00517 e. The molecule has 0 heterocycles. The van der Waals surface area contributed by atoms with E-state index in [0.717, 1.165) is 12.8 Å². The van der Waals surface area contributed by atoms with E-state index in [2.05, 4.69) is 64.1 Å². The van der Waals surface area contributed by atoms with Gasteiger partial charge in [-0.1, -0.05) is 47.5 Å². The molecule has 0 fully saturated rings. The van der Waals surface area contributed by atoms with Crippen molar-refractivity contribution in [2.24, 2.45) is 0 Å². The summed E-state index contributed by atoms with van der Waals surface area (Å²) in [5, 5.41) is 5.71. The molecule has 2 aliphatic rings. The zero-order valence-electron chi connectivity index (χ0n) is 14.9. The Labute approximate surface area is 143 Å². The molecule has 0 nitrogen and oxygen atoms in total. The Hall–Kier alpha value is -2.34. The van der Waals surface area contributed by atoms with Gasteiger partial charge in [-0.05, 0) is 95.5 Å². The molecule has 0 bridgehead atoms. The topological polar surface area (TPSA) is 0 Å². The first-order valence-electron chi connectivity index (χ1n) is 8.90. The summed E-state index contributed by atoms with van der Waals surface area (Å²) in [7, 11) is 0. The van der Waals surface area contributed by atoms with Crippen molar-refractivity contribution in [3.05, 3.63) is 69.8 Å². The summed E-state index contributed by atoms with van der Waals surface area (Å²) in [6, 6.07) is 14.1. The van der Waals surface area contributed by atoms with E-state index in [0.29, 0.717) is 0 Å². The molecule has 3 aromatic rings. The Kier molecular flexibility index (Phi) is 2.69. The van der Waals surface area contributed by atoms with Crippen molar-refractivity contribution in [3.8, 4) is 0 Å². The van der Waals surface area contributed by atoms with Crippen LogP contribution in [-0.2, 0) is 12.8 Å². The average molecular weight is 310 g/mol. The summed E-state index contributed by atoms with van der Waals surface area (Å²) in [4.78, 5) is 0. The van der Waals surface area contributed by atoms with Crippen LogP contribution in [0, 0.1) is 0 Å². The highest BCUT2D eigenvalue weighted by Crippen LogP contribution is 2.42. The van der Waals surface area contributed by atoms with Gasteiger partial charge < -0.3 is 0 Å². The normalized spacial score (nSPS) is 16.5. The van der Waals surface area contributed by atoms with Crippen molar-refractivity contribution < 1.29 is 0 Å². The Balaban J connectivity index is 1.84. The summed E-state index contributed by atoms with van der Waals surface area (Å²) in [6.45, 7) is 9.06. The second-order valence-electron chi connectivity index (χ2n) is 7.60. The van der Waals surface area contributed by atoms with Crippen LogP contribution < -0.4 is 0 Å². The van der Waals surface area contributed by atoms with Crippen molar-refractivity contribution in [2.45, 2.75) is 40.5 Å². The van der Waals surface area contributed by atoms with Gasteiger partial charge in [0, 0.05) is 0 Å². The molecule has 0 aliphatic heterocycles. The van der Waals surface area contributed by atoms with Crippen molar-refractivity contribution in [1.29, 1.82) is 0 Å². The summed E-state index contributed by atoms with van der Waals surface area (Å²) >= 11 is 0. The highest BCUT2D eigenvalue weighted by Gasteiger charge is 2.21. The van der Waals surface area contributed by atoms with Gasteiger partial charge in [-0.2, -0.15) is 0 Å². The van der Waals surface area contributed by atoms with E-state index in [1.165, 1.54) is 66.1 Å². The van der Waals surface area contributed by atoms with Gasteiger partial charge >= 0.3 is 0 Å². The summed E-state index contributed by atoms with van der Waals surface area (Å²) in [5.74, 6) is 0. The second kappa shape index (κ2) is 4.60. The molecule has 0 amide bonds. The van der Waals surface area contributed by atoms with Gasteiger partial charge in [-0.3, -0.25) is 0 Å². The first-order chi connectivity index (χ1) is 11.6. The van der Waals surface area contributed by atoms with Gasteiger partial charge in [-0.25, -0.2) is 0 Å². The molecule has 0 saturated heterocycles. The zero-order valence-corrected chi connectivity index (χ0v) is 14.9. The number of rotatable bonds is 0. The van der Waals surface area contributed by atoms with Crippen LogP contribution >= 0.6 is 0 Å². The van der Waals surface area contributed by atoms with Gasteiger partial charge in [0.15, 0.2) is 0 Å². The lowest BCUT2D eigenvalue weighted by molar-refractivity contribution is 1.21. The molecule has 3 aromatic carbocycles. The molecule has 0 radical (unpaired) electrons. The second-order valence-corrected chi connectivity index (χ2v) is 7.60. The van der Waals surface area contributed by atoms with Gasteiger partial charge in [0.05, 0.1) is 0 Å². The number of allylic oxidation sites excluding steroid dienone is 4. The molecule has 0 atom stereocenters. The monoisotopic (exact) mass is 310 g/mol. The fraction of sp³-hybridized carbons (Fsp3) is 0.250. The van der Waals surface area contributed by atoms with Gasteiger partial charge in [0.2, 0.25) is 0 Å². The molecule has 24 heavy (non-hydrogen) atoms. The standard InChI is InChI=1S/C24H22/c1-13-11-23-17(15(13)3)5-7-19-20-8-6-18-16(4)14(2)12-24(18)22(20)10-9-21(19)23/h5-10H,11-12H2,1-4H3. The average Bonchev–Trinajstić information content (AvgIpc) is 3.04. The molecule has 5 rings (SSSR count). The maximum atomic E-state index is 2.37. The first kappa shape index (κ1) is 14.0. The van der Waals surface area contributed by atoms with Crippen LogP contribution in [0.15, 0.2) is 47.5 Å². The molecule has 2 aliphatic carbocycles. The summed E-state index contributed by atoms with van der Waals surface area (Å²) < 4.78 is 0. The van der Waals surface area contributed by atoms with Crippen molar-refractivity contribution in [2.75, 3.05) is 0 Å². The molecule has 0 N–H and O–H groups in total. The number of hydrogen-bond acceptors (Lipinski definition) is 0. The number of hydrogen-bond donors (Lipinski definition) is 0. The minimum Gasteiger partial charge on any atom is -0.0654 e. The number of benzene rings is 3. The lowest BCUT2D eigenvalue weighted by Gasteiger charge is -2.13. The van der Waals surface area contributed by atoms with Crippen molar-refractivity contribution in [1.82, 2.24) is 0 Å². The van der Waals surface area contributed by atoms with E-state index in [-0.39, 0.29) is 0 Å². The molecular formula is C24H22. The molecule has 0 unspecified atom stereocenters. The SMILES string of the molecule is CC1=C(C)c2ccc3c(ccc4c5c(ccc43)C(C)=C(C)C5)c2C1. The third-order valence-electron chi connectivity index (χ3n) is 6.39. The molecule has 118 valence electrons. The Morgan fingerprint density at radius 3 is 1.29 bits per heavy atom. The van der Waals surface area contributed by atoms with E-state index < -0.39 is 0 Å².